The standard InChI is InChI=1S/C9H9BN2O4/c1-16-9(13)8-6-4-5(10(14)15)2-3-7(6)11-12-8/h2-4,14-15H,1H3,(H,11,12). The van der Waals surface area contributed by atoms with Crippen LogP contribution in [-0.4, -0.2) is 40.4 Å². The molecule has 0 amide bonds. The van der Waals surface area contributed by atoms with Crippen LogP contribution in [0.3, 0.4) is 0 Å². The van der Waals surface area contributed by atoms with Gasteiger partial charge in [0, 0.05) is 5.39 Å². The normalized spacial score (nSPS) is 10.4. The molecule has 0 aliphatic rings. The maximum atomic E-state index is 11.3. The van der Waals surface area contributed by atoms with Crippen LogP contribution < -0.4 is 5.46 Å². The Balaban J connectivity index is 2.60. The number of fused-ring (bicyclic) bond motifs is 1. The molecule has 0 aliphatic heterocycles. The van der Waals surface area contributed by atoms with Crippen LogP contribution in [0.4, 0.5) is 0 Å². The van der Waals surface area contributed by atoms with Gasteiger partial charge in [-0.3, -0.25) is 5.10 Å². The molecule has 7 heteroatoms. The Labute approximate surface area is 91.0 Å². The summed E-state index contributed by atoms with van der Waals surface area (Å²) in [6.45, 7) is 0. The highest BCUT2D eigenvalue weighted by Gasteiger charge is 2.17. The number of hydrogen-bond donors (Lipinski definition) is 3. The van der Waals surface area contributed by atoms with Crippen LogP contribution >= 0.6 is 0 Å². The lowest BCUT2D eigenvalue weighted by molar-refractivity contribution is 0.0596. The first-order valence-electron chi connectivity index (χ1n) is 4.56. The lowest BCUT2D eigenvalue weighted by Gasteiger charge is -1.99. The zero-order chi connectivity index (χ0) is 11.7. The molecule has 0 atom stereocenters. The van der Waals surface area contributed by atoms with Gasteiger partial charge < -0.3 is 14.8 Å². The number of H-pyrrole nitrogens is 1. The Hall–Kier alpha value is -1.86. The van der Waals surface area contributed by atoms with E-state index in [0.717, 1.165) is 0 Å². The second kappa shape index (κ2) is 3.95. The molecule has 0 aliphatic carbocycles. The number of methoxy groups -OCH3 is 1. The fraction of sp³-hybridized carbons (Fsp3) is 0.111. The van der Waals surface area contributed by atoms with Crippen molar-refractivity contribution in [2.24, 2.45) is 0 Å². The molecule has 6 nitrogen and oxygen atoms in total. The molecule has 0 bridgehead atoms. The van der Waals surface area contributed by atoms with E-state index in [-0.39, 0.29) is 5.69 Å². The molecule has 0 fully saturated rings. The highest BCUT2D eigenvalue weighted by molar-refractivity contribution is 6.58. The zero-order valence-electron chi connectivity index (χ0n) is 8.47. The number of rotatable bonds is 2. The van der Waals surface area contributed by atoms with Crippen LogP contribution in [0, 0.1) is 0 Å². The maximum absolute atomic E-state index is 11.3. The quantitative estimate of drug-likeness (QED) is 0.447. The summed E-state index contributed by atoms with van der Waals surface area (Å²) in [4.78, 5) is 11.3. The molecular weight excluding hydrogens is 211 g/mol. The number of carbonyl (C=O) groups excluding carboxylic acids is 1. The minimum Gasteiger partial charge on any atom is -0.464 e. The first kappa shape index (κ1) is 10.7. The topological polar surface area (TPSA) is 95.4 Å². The monoisotopic (exact) mass is 220 g/mol. The van der Waals surface area contributed by atoms with Gasteiger partial charge in [0.15, 0.2) is 5.69 Å². The molecule has 0 radical (unpaired) electrons. The third-order valence-electron chi connectivity index (χ3n) is 2.26. The van der Waals surface area contributed by atoms with E-state index in [2.05, 4.69) is 14.9 Å². The van der Waals surface area contributed by atoms with Crippen molar-refractivity contribution < 1.29 is 19.6 Å². The summed E-state index contributed by atoms with van der Waals surface area (Å²) < 4.78 is 4.56. The lowest BCUT2D eigenvalue weighted by atomic mass is 9.80. The Morgan fingerprint density at radius 1 is 1.50 bits per heavy atom. The van der Waals surface area contributed by atoms with E-state index in [1.165, 1.54) is 19.2 Å². The smallest absolute Gasteiger partial charge is 0.464 e. The maximum Gasteiger partial charge on any atom is 0.488 e. The molecule has 3 N–H and O–H groups in total. The van der Waals surface area contributed by atoms with Crippen molar-refractivity contribution >= 4 is 29.5 Å². The van der Waals surface area contributed by atoms with E-state index in [1.807, 2.05) is 0 Å². The molecule has 16 heavy (non-hydrogen) atoms. The molecular formula is C9H9BN2O4. The molecule has 0 saturated heterocycles. The summed E-state index contributed by atoms with van der Waals surface area (Å²) >= 11 is 0. The van der Waals surface area contributed by atoms with Gasteiger partial charge in [0.1, 0.15) is 0 Å². The molecule has 2 rings (SSSR count). The third kappa shape index (κ3) is 1.66. The average molecular weight is 220 g/mol. The first-order chi connectivity index (χ1) is 7.63. The Bertz CT molecular complexity index is 537. The van der Waals surface area contributed by atoms with Crippen LogP contribution in [0.5, 0.6) is 0 Å². The number of aromatic nitrogens is 2. The van der Waals surface area contributed by atoms with Gasteiger partial charge in [-0.05, 0) is 11.5 Å². The van der Waals surface area contributed by atoms with E-state index >= 15 is 0 Å². The van der Waals surface area contributed by atoms with Gasteiger partial charge in [0.25, 0.3) is 0 Å². The predicted octanol–water partition coefficient (Wildman–Crippen LogP) is -0.971. The van der Waals surface area contributed by atoms with Gasteiger partial charge in [-0.1, -0.05) is 12.1 Å². The highest BCUT2D eigenvalue weighted by Crippen LogP contribution is 2.14. The van der Waals surface area contributed by atoms with E-state index in [1.54, 1.807) is 6.07 Å². The molecule has 82 valence electrons. The highest BCUT2D eigenvalue weighted by atomic mass is 16.5. The number of nitrogens with one attached hydrogen (secondary N) is 1. The van der Waals surface area contributed by atoms with Crippen molar-refractivity contribution in [3.05, 3.63) is 23.9 Å². The second-order valence-electron chi connectivity index (χ2n) is 3.24. The Kier molecular flexibility index (Phi) is 2.63. The summed E-state index contributed by atoms with van der Waals surface area (Å²) in [5.74, 6) is -0.573. The van der Waals surface area contributed by atoms with Crippen molar-refractivity contribution in [3.63, 3.8) is 0 Å². The van der Waals surface area contributed by atoms with Crippen LogP contribution in [0.2, 0.25) is 0 Å². The first-order valence-corrected chi connectivity index (χ1v) is 4.56. The van der Waals surface area contributed by atoms with Gasteiger partial charge >= 0.3 is 13.1 Å². The molecule has 0 spiro atoms. The Morgan fingerprint density at radius 3 is 2.88 bits per heavy atom. The molecule has 0 unspecified atom stereocenters. The van der Waals surface area contributed by atoms with Gasteiger partial charge in [-0.2, -0.15) is 5.10 Å². The van der Waals surface area contributed by atoms with Crippen molar-refractivity contribution in [1.29, 1.82) is 0 Å². The van der Waals surface area contributed by atoms with Gasteiger partial charge in [0.2, 0.25) is 0 Å². The SMILES string of the molecule is COC(=O)c1n[nH]c2ccc(B(O)O)cc12. The number of ether oxygens (including phenoxy) is 1. The van der Waals surface area contributed by atoms with Crippen molar-refractivity contribution in [2.45, 2.75) is 0 Å². The minimum absolute atomic E-state index is 0.125. The minimum atomic E-state index is -1.58. The summed E-state index contributed by atoms with van der Waals surface area (Å²) in [6.07, 6.45) is 0. The summed E-state index contributed by atoms with van der Waals surface area (Å²) in [6, 6.07) is 4.63. The van der Waals surface area contributed by atoms with Crippen LogP contribution in [0.25, 0.3) is 10.9 Å². The number of aromatic amines is 1. The summed E-state index contributed by atoms with van der Waals surface area (Å²) in [5.41, 5.74) is 1.05. The fourth-order valence-electron chi connectivity index (χ4n) is 1.44. The lowest BCUT2D eigenvalue weighted by Crippen LogP contribution is -2.29. The molecule has 1 aromatic carbocycles. The van der Waals surface area contributed by atoms with Gasteiger partial charge in [-0.15, -0.1) is 0 Å². The van der Waals surface area contributed by atoms with E-state index < -0.39 is 13.1 Å². The van der Waals surface area contributed by atoms with E-state index in [4.69, 9.17) is 10.0 Å². The number of hydrogen-bond acceptors (Lipinski definition) is 5. The molecule has 1 aromatic heterocycles. The second-order valence-corrected chi connectivity index (χ2v) is 3.24. The predicted molar refractivity (Wildman–Crippen MR) is 57.3 cm³/mol. The van der Waals surface area contributed by atoms with Crippen LogP contribution in [0.15, 0.2) is 18.2 Å². The number of esters is 1. The Morgan fingerprint density at radius 2 is 2.25 bits per heavy atom. The molecule has 2 aromatic rings. The zero-order valence-corrected chi connectivity index (χ0v) is 8.47. The van der Waals surface area contributed by atoms with Crippen molar-refractivity contribution in [2.75, 3.05) is 7.11 Å². The fourth-order valence-corrected chi connectivity index (χ4v) is 1.44. The van der Waals surface area contributed by atoms with E-state index in [0.29, 0.717) is 16.4 Å². The van der Waals surface area contributed by atoms with Crippen molar-refractivity contribution in [1.82, 2.24) is 10.2 Å². The van der Waals surface area contributed by atoms with Gasteiger partial charge in [-0.25, -0.2) is 4.79 Å². The summed E-state index contributed by atoms with van der Waals surface area (Å²) in [7, 11) is -0.321. The molecule has 1 heterocycles. The van der Waals surface area contributed by atoms with Gasteiger partial charge in [0.05, 0.1) is 12.6 Å². The number of carbonyl (C=O) groups is 1. The van der Waals surface area contributed by atoms with Crippen molar-refractivity contribution in [3.8, 4) is 0 Å². The van der Waals surface area contributed by atoms with E-state index in [9.17, 15) is 4.79 Å². The summed E-state index contributed by atoms with van der Waals surface area (Å²) in [5, 5.41) is 25.0. The largest absolute Gasteiger partial charge is 0.488 e. The third-order valence-corrected chi connectivity index (χ3v) is 2.26. The number of nitrogens with zero attached hydrogens (tertiary/aromatic N) is 1. The average Bonchev–Trinajstić information content (AvgIpc) is 2.70. The van der Waals surface area contributed by atoms with Crippen LogP contribution in [0.1, 0.15) is 10.5 Å². The number of benzene rings is 1. The molecule has 0 saturated carbocycles. The van der Waals surface area contributed by atoms with Crippen LogP contribution in [-0.2, 0) is 4.74 Å².